The maximum absolute atomic E-state index is 14.7. The zero-order chi connectivity index (χ0) is 26.3. The van der Waals surface area contributed by atoms with Crippen LogP contribution in [0.3, 0.4) is 0 Å². The van der Waals surface area contributed by atoms with Crippen LogP contribution >= 0.6 is 15.9 Å². The van der Waals surface area contributed by atoms with E-state index in [1.807, 2.05) is 13.8 Å². The summed E-state index contributed by atoms with van der Waals surface area (Å²) in [5, 5.41) is 2.42. The second-order valence-electron chi connectivity index (χ2n) is 8.62. The van der Waals surface area contributed by atoms with Gasteiger partial charge < -0.3 is 10.2 Å². The highest BCUT2D eigenvalue weighted by molar-refractivity contribution is 9.10. The molecule has 5 nitrogen and oxygen atoms in total. The van der Waals surface area contributed by atoms with Crippen molar-refractivity contribution in [1.82, 2.24) is 10.2 Å². The summed E-state index contributed by atoms with van der Waals surface area (Å²) in [6.45, 7) is 3.05. The summed E-state index contributed by atoms with van der Waals surface area (Å²) in [5.74, 6) is -4.42. The predicted octanol–water partition coefficient (Wildman–Crippen LogP) is 6.38. The Hall–Kier alpha value is -3.40. The van der Waals surface area contributed by atoms with Crippen LogP contribution in [0.2, 0.25) is 0 Å². The highest BCUT2D eigenvalue weighted by atomic mass is 79.9. The number of nitrogens with zero attached hydrogens (tertiary/aromatic N) is 2. The van der Waals surface area contributed by atoms with E-state index in [1.165, 1.54) is 28.0 Å². The molecule has 4 rings (SSSR count). The molecule has 0 saturated heterocycles. The Kier molecular flexibility index (Phi) is 7.08. The van der Waals surface area contributed by atoms with Crippen molar-refractivity contribution < 1.29 is 27.2 Å². The lowest BCUT2D eigenvalue weighted by atomic mass is 9.98. The first-order chi connectivity index (χ1) is 17.0. The minimum Gasteiger partial charge on any atom is -0.348 e. The third-order valence-corrected chi connectivity index (χ3v) is 7.48. The number of benzene rings is 3. The van der Waals surface area contributed by atoms with E-state index in [0.29, 0.717) is 22.3 Å². The van der Waals surface area contributed by atoms with Crippen LogP contribution < -0.4 is 10.2 Å². The molecule has 0 aromatic heterocycles. The van der Waals surface area contributed by atoms with Crippen molar-refractivity contribution in [1.29, 1.82) is 0 Å². The molecule has 0 radical (unpaired) electrons. The van der Waals surface area contributed by atoms with Crippen LogP contribution in [-0.2, 0) is 13.1 Å². The van der Waals surface area contributed by atoms with Crippen LogP contribution in [0.15, 0.2) is 46.9 Å². The first kappa shape index (κ1) is 25.7. The first-order valence-corrected chi connectivity index (χ1v) is 11.8. The largest absolute Gasteiger partial charge is 0.348 e. The summed E-state index contributed by atoms with van der Waals surface area (Å²) in [5.41, 5.74) is 1.91. The molecule has 0 spiro atoms. The van der Waals surface area contributed by atoms with E-state index in [0.717, 1.165) is 11.1 Å². The quantitative estimate of drug-likeness (QED) is 0.366. The Balaban J connectivity index is 1.67. The molecule has 1 unspecified atom stereocenters. The normalized spacial score (nSPS) is 15.2. The average molecular weight is 564 g/mol. The number of aryl methyl sites for hydroxylation is 1. The number of carbonyl (C=O) groups excluding carboxylic acids is 2. The lowest BCUT2D eigenvalue weighted by molar-refractivity contribution is 0.0950. The fourth-order valence-corrected chi connectivity index (χ4v) is 4.57. The molecule has 0 bridgehead atoms. The zero-order valence-electron chi connectivity index (χ0n) is 19.6. The van der Waals surface area contributed by atoms with Gasteiger partial charge in [-0.1, -0.05) is 28.1 Å². The maximum atomic E-state index is 14.7. The molecule has 3 aromatic rings. The molecule has 188 valence electrons. The molecule has 0 fully saturated rings. The summed E-state index contributed by atoms with van der Waals surface area (Å²) in [4.78, 5) is 28.9. The van der Waals surface area contributed by atoms with Gasteiger partial charge in [0.25, 0.3) is 5.91 Å². The SMILES string of the molecule is Cc1ccc(F)c(CN2C(=O)N(C)C(C)c3ccc(C(=O)NCc4c(F)cc(F)cc4F)cc32)c1Br. The van der Waals surface area contributed by atoms with Crippen molar-refractivity contribution in [2.45, 2.75) is 33.0 Å². The number of rotatable bonds is 5. The molecule has 3 aromatic carbocycles. The summed E-state index contributed by atoms with van der Waals surface area (Å²) in [7, 11) is 1.64. The Labute approximate surface area is 213 Å². The van der Waals surface area contributed by atoms with E-state index in [-0.39, 0.29) is 29.7 Å². The number of carbonyl (C=O) groups is 2. The van der Waals surface area contributed by atoms with Gasteiger partial charge in [-0.05, 0) is 43.2 Å². The van der Waals surface area contributed by atoms with Crippen molar-refractivity contribution in [3.8, 4) is 0 Å². The van der Waals surface area contributed by atoms with Gasteiger partial charge in [-0.25, -0.2) is 22.4 Å². The smallest absolute Gasteiger partial charge is 0.325 e. The number of anilines is 1. The second-order valence-corrected chi connectivity index (χ2v) is 9.41. The van der Waals surface area contributed by atoms with Crippen molar-refractivity contribution in [2.24, 2.45) is 0 Å². The van der Waals surface area contributed by atoms with Gasteiger partial charge in [0.05, 0.1) is 18.3 Å². The molecule has 3 amide bonds. The van der Waals surface area contributed by atoms with E-state index in [4.69, 9.17) is 0 Å². The molecule has 1 aliphatic heterocycles. The molecule has 1 atom stereocenters. The van der Waals surface area contributed by atoms with Gasteiger partial charge in [-0.2, -0.15) is 0 Å². The monoisotopic (exact) mass is 563 g/mol. The number of hydrogen-bond donors (Lipinski definition) is 1. The van der Waals surface area contributed by atoms with Crippen LogP contribution in [0, 0.1) is 30.2 Å². The standard InChI is InChI=1S/C26H22BrF4N3O2/c1-13-4-7-20(29)19(24(13)27)12-34-23-8-15(5-6-17(23)14(2)33(3)26(34)36)25(35)32-11-18-21(30)9-16(28)10-22(18)31/h4-10,14H,11-12H2,1-3H3,(H,32,35). The molecular weight excluding hydrogens is 542 g/mol. The van der Waals surface area contributed by atoms with Gasteiger partial charge in [-0.3, -0.25) is 9.69 Å². The first-order valence-electron chi connectivity index (χ1n) is 11.0. The molecule has 0 aliphatic carbocycles. The minimum absolute atomic E-state index is 0.0892. The number of urea groups is 1. The Morgan fingerprint density at radius 1 is 1.00 bits per heavy atom. The van der Waals surface area contributed by atoms with Crippen molar-refractivity contribution >= 4 is 33.6 Å². The van der Waals surface area contributed by atoms with Crippen molar-refractivity contribution in [2.75, 3.05) is 11.9 Å². The van der Waals surface area contributed by atoms with Gasteiger partial charge in [0.15, 0.2) is 0 Å². The van der Waals surface area contributed by atoms with Gasteiger partial charge in [0.2, 0.25) is 0 Å². The predicted molar refractivity (Wildman–Crippen MR) is 131 cm³/mol. The number of halogens is 5. The molecule has 1 heterocycles. The van der Waals surface area contributed by atoms with Gasteiger partial charge in [0.1, 0.15) is 23.3 Å². The van der Waals surface area contributed by atoms with Crippen LogP contribution in [0.1, 0.15) is 45.6 Å². The maximum Gasteiger partial charge on any atom is 0.325 e. The average Bonchev–Trinajstić information content (AvgIpc) is 2.83. The molecule has 1 aliphatic rings. The highest BCUT2D eigenvalue weighted by Gasteiger charge is 2.34. The summed E-state index contributed by atoms with van der Waals surface area (Å²) in [6, 6.07) is 8.04. The van der Waals surface area contributed by atoms with Crippen LogP contribution in [0.5, 0.6) is 0 Å². The van der Waals surface area contributed by atoms with Crippen molar-refractivity contribution in [3.63, 3.8) is 0 Å². The molecule has 0 saturated carbocycles. The van der Waals surface area contributed by atoms with E-state index in [9.17, 15) is 27.2 Å². The summed E-state index contributed by atoms with van der Waals surface area (Å²) < 4.78 is 56.3. The highest BCUT2D eigenvalue weighted by Crippen LogP contribution is 2.38. The third kappa shape index (κ3) is 4.69. The summed E-state index contributed by atoms with van der Waals surface area (Å²) >= 11 is 3.40. The van der Waals surface area contributed by atoms with E-state index in [1.54, 1.807) is 19.2 Å². The fraction of sp³-hybridized carbons (Fsp3) is 0.231. The zero-order valence-corrected chi connectivity index (χ0v) is 21.2. The number of hydrogen-bond acceptors (Lipinski definition) is 2. The van der Waals surface area contributed by atoms with Gasteiger partial charge in [0, 0.05) is 46.9 Å². The molecule has 1 N–H and O–H groups in total. The fourth-order valence-electron chi connectivity index (χ4n) is 4.12. The Morgan fingerprint density at radius 3 is 2.33 bits per heavy atom. The molecule has 10 heteroatoms. The number of nitrogens with one attached hydrogen (secondary N) is 1. The topological polar surface area (TPSA) is 52.7 Å². The Morgan fingerprint density at radius 2 is 1.67 bits per heavy atom. The lowest BCUT2D eigenvalue weighted by Crippen LogP contribution is -2.46. The minimum atomic E-state index is -1.11. The molecular formula is C26H22BrF4N3O2. The van der Waals surface area contributed by atoms with Crippen LogP contribution in [0.4, 0.5) is 28.0 Å². The van der Waals surface area contributed by atoms with Crippen LogP contribution in [-0.4, -0.2) is 23.9 Å². The van der Waals surface area contributed by atoms with E-state index >= 15 is 0 Å². The summed E-state index contributed by atoms with van der Waals surface area (Å²) in [6.07, 6.45) is 0. The molecule has 36 heavy (non-hydrogen) atoms. The second kappa shape index (κ2) is 9.93. The van der Waals surface area contributed by atoms with E-state index in [2.05, 4.69) is 21.2 Å². The van der Waals surface area contributed by atoms with Gasteiger partial charge >= 0.3 is 6.03 Å². The Bertz CT molecular complexity index is 1360. The number of fused-ring (bicyclic) bond motifs is 1. The van der Waals surface area contributed by atoms with E-state index < -0.39 is 41.3 Å². The van der Waals surface area contributed by atoms with Gasteiger partial charge in [-0.15, -0.1) is 0 Å². The lowest BCUT2D eigenvalue weighted by Gasteiger charge is -2.40. The van der Waals surface area contributed by atoms with Crippen molar-refractivity contribution in [3.05, 3.63) is 98.0 Å². The van der Waals surface area contributed by atoms with Crippen LogP contribution in [0.25, 0.3) is 0 Å². The number of amides is 3. The third-order valence-electron chi connectivity index (χ3n) is 6.37.